The topological polar surface area (TPSA) is 102 Å². The van der Waals surface area contributed by atoms with Crippen LogP contribution < -0.4 is 0 Å². The SMILES string of the molecule is CCOC(=O)c1n[nH]c(C(C)S(=O)(=O)CC(C)(C)C(C)C)n1. The van der Waals surface area contributed by atoms with Crippen LogP contribution in [0.3, 0.4) is 0 Å². The van der Waals surface area contributed by atoms with E-state index in [1.54, 1.807) is 13.8 Å². The minimum absolute atomic E-state index is 0.0360. The maximum absolute atomic E-state index is 12.6. The largest absolute Gasteiger partial charge is 0.460 e. The van der Waals surface area contributed by atoms with Crippen LogP contribution in [0.25, 0.3) is 0 Å². The second-order valence-electron chi connectivity index (χ2n) is 6.36. The fourth-order valence-electron chi connectivity index (χ4n) is 1.72. The second kappa shape index (κ2) is 6.76. The summed E-state index contributed by atoms with van der Waals surface area (Å²) in [6.07, 6.45) is 0. The van der Waals surface area contributed by atoms with Gasteiger partial charge in [-0.25, -0.2) is 18.2 Å². The Balaban J connectivity index is 2.96. The van der Waals surface area contributed by atoms with Crippen LogP contribution >= 0.6 is 0 Å². The molecule has 1 unspecified atom stereocenters. The van der Waals surface area contributed by atoms with E-state index in [9.17, 15) is 13.2 Å². The number of aromatic amines is 1. The van der Waals surface area contributed by atoms with Gasteiger partial charge >= 0.3 is 5.97 Å². The Bertz CT molecular complexity index is 620. The third kappa shape index (κ3) is 4.28. The molecule has 22 heavy (non-hydrogen) atoms. The molecule has 126 valence electrons. The fraction of sp³-hybridized carbons (Fsp3) is 0.786. The predicted octanol–water partition coefficient (Wildman–Crippen LogP) is 2.14. The Morgan fingerprint density at radius 3 is 2.41 bits per heavy atom. The molecule has 0 aliphatic heterocycles. The van der Waals surface area contributed by atoms with E-state index >= 15 is 0 Å². The summed E-state index contributed by atoms with van der Waals surface area (Å²) in [5.74, 6) is -0.408. The highest BCUT2D eigenvalue weighted by Crippen LogP contribution is 2.32. The van der Waals surface area contributed by atoms with E-state index in [1.807, 2.05) is 27.7 Å². The first-order valence-electron chi connectivity index (χ1n) is 7.32. The summed E-state index contributed by atoms with van der Waals surface area (Å²) < 4.78 is 29.9. The van der Waals surface area contributed by atoms with Crippen molar-refractivity contribution in [2.24, 2.45) is 11.3 Å². The van der Waals surface area contributed by atoms with E-state index in [1.165, 1.54) is 0 Å². The molecule has 0 spiro atoms. The van der Waals surface area contributed by atoms with E-state index in [-0.39, 0.29) is 35.3 Å². The smallest absolute Gasteiger partial charge is 0.378 e. The van der Waals surface area contributed by atoms with Crippen LogP contribution in [0.5, 0.6) is 0 Å². The molecule has 1 heterocycles. The Morgan fingerprint density at radius 2 is 1.91 bits per heavy atom. The standard InChI is InChI=1S/C14H25N3O4S/c1-7-21-13(18)12-15-11(16-17-12)10(4)22(19,20)8-14(5,6)9(2)3/h9-10H,7-8H2,1-6H3,(H,15,16,17). The number of esters is 1. The number of carbonyl (C=O) groups is 1. The maximum atomic E-state index is 12.6. The molecule has 0 aliphatic carbocycles. The van der Waals surface area contributed by atoms with Crippen molar-refractivity contribution in [3.8, 4) is 0 Å². The average molecular weight is 331 g/mol. The number of sulfone groups is 1. The normalized spacial score (nSPS) is 14.1. The first kappa shape index (κ1) is 18.6. The van der Waals surface area contributed by atoms with Crippen molar-refractivity contribution in [1.29, 1.82) is 0 Å². The second-order valence-corrected chi connectivity index (χ2v) is 8.68. The number of nitrogens with zero attached hydrogens (tertiary/aromatic N) is 2. The van der Waals surface area contributed by atoms with Gasteiger partial charge in [0.15, 0.2) is 9.84 Å². The minimum atomic E-state index is -3.43. The first-order chi connectivity index (χ1) is 10.0. The molecule has 1 N–H and O–H groups in total. The molecule has 1 rings (SSSR count). The highest BCUT2D eigenvalue weighted by Gasteiger charge is 2.35. The molecular formula is C14H25N3O4S. The number of ether oxygens (including phenoxy) is 1. The summed E-state index contributed by atoms with van der Waals surface area (Å²) in [5, 5.41) is 5.39. The Labute approximate surface area is 131 Å². The van der Waals surface area contributed by atoms with Crippen molar-refractivity contribution in [3.63, 3.8) is 0 Å². The van der Waals surface area contributed by atoms with Gasteiger partial charge in [0.2, 0.25) is 0 Å². The summed E-state index contributed by atoms with van der Waals surface area (Å²) in [7, 11) is -3.43. The highest BCUT2D eigenvalue weighted by molar-refractivity contribution is 7.91. The number of rotatable bonds is 7. The molecule has 1 atom stereocenters. The molecule has 0 saturated heterocycles. The van der Waals surface area contributed by atoms with Crippen molar-refractivity contribution in [1.82, 2.24) is 15.2 Å². The molecular weight excluding hydrogens is 306 g/mol. The van der Waals surface area contributed by atoms with Gasteiger partial charge in [0.1, 0.15) is 11.1 Å². The third-order valence-electron chi connectivity index (χ3n) is 4.02. The number of hydrogen-bond donors (Lipinski definition) is 1. The lowest BCUT2D eigenvalue weighted by molar-refractivity contribution is 0.0512. The van der Waals surface area contributed by atoms with Crippen LogP contribution in [-0.2, 0) is 14.6 Å². The van der Waals surface area contributed by atoms with Crippen molar-refractivity contribution in [2.45, 2.75) is 46.8 Å². The van der Waals surface area contributed by atoms with Crippen molar-refractivity contribution >= 4 is 15.8 Å². The average Bonchev–Trinajstić information content (AvgIpc) is 2.86. The van der Waals surface area contributed by atoms with Gasteiger partial charge in [0.05, 0.1) is 12.4 Å². The lowest BCUT2D eigenvalue weighted by Gasteiger charge is -2.29. The zero-order chi connectivity index (χ0) is 17.1. The van der Waals surface area contributed by atoms with E-state index < -0.39 is 21.1 Å². The fourth-order valence-corrected chi connectivity index (χ4v) is 3.79. The summed E-state index contributed by atoms with van der Waals surface area (Å²) in [6.45, 7) is 11.3. The molecule has 0 fully saturated rings. The minimum Gasteiger partial charge on any atom is -0.460 e. The predicted molar refractivity (Wildman–Crippen MR) is 83.2 cm³/mol. The molecule has 0 aromatic carbocycles. The van der Waals surface area contributed by atoms with Crippen LogP contribution in [-0.4, -0.2) is 41.9 Å². The van der Waals surface area contributed by atoms with E-state index in [4.69, 9.17) is 4.74 Å². The molecule has 1 aromatic heterocycles. The van der Waals surface area contributed by atoms with Gasteiger partial charge < -0.3 is 4.74 Å². The molecule has 0 aliphatic rings. The number of nitrogens with one attached hydrogen (secondary N) is 1. The van der Waals surface area contributed by atoms with Crippen molar-refractivity contribution in [3.05, 3.63) is 11.6 Å². The summed E-state index contributed by atoms with van der Waals surface area (Å²) in [5.41, 5.74) is -0.350. The van der Waals surface area contributed by atoms with E-state index in [0.717, 1.165) is 0 Å². The van der Waals surface area contributed by atoms with E-state index in [2.05, 4.69) is 15.2 Å². The van der Waals surface area contributed by atoms with Gasteiger partial charge in [0, 0.05) is 0 Å². The zero-order valence-electron chi connectivity index (χ0n) is 14.0. The van der Waals surface area contributed by atoms with Crippen molar-refractivity contribution in [2.75, 3.05) is 12.4 Å². The van der Waals surface area contributed by atoms with Crippen LogP contribution in [0.4, 0.5) is 0 Å². The van der Waals surface area contributed by atoms with Crippen molar-refractivity contribution < 1.29 is 17.9 Å². The number of carbonyl (C=O) groups excluding carboxylic acids is 1. The first-order valence-corrected chi connectivity index (χ1v) is 9.03. The number of aromatic nitrogens is 3. The lowest BCUT2D eigenvalue weighted by atomic mass is 9.83. The van der Waals surface area contributed by atoms with Crippen LogP contribution in [0.1, 0.15) is 63.2 Å². The van der Waals surface area contributed by atoms with Gasteiger partial charge in [-0.1, -0.05) is 27.7 Å². The van der Waals surface area contributed by atoms with Gasteiger partial charge in [-0.15, -0.1) is 5.10 Å². The maximum Gasteiger partial charge on any atom is 0.378 e. The number of H-pyrrole nitrogens is 1. The Morgan fingerprint density at radius 1 is 1.32 bits per heavy atom. The van der Waals surface area contributed by atoms with Gasteiger partial charge in [-0.2, -0.15) is 0 Å². The molecule has 0 bridgehead atoms. The summed E-state index contributed by atoms with van der Waals surface area (Å²) in [6, 6.07) is 0. The zero-order valence-corrected chi connectivity index (χ0v) is 14.8. The Kier molecular flexibility index (Phi) is 5.72. The van der Waals surface area contributed by atoms with E-state index in [0.29, 0.717) is 0 Å². The van der Waals surface area contributed by atoms with Gasteiger partial charge in [-0.3, -0.25) is 5.10 Å². The Hall–Kier alpha value is -1.44. The number of hydrogen-bond acceptors (Lipinski definition) is 6. The molecule has 7 nitrogen and oxygen atoms in total. The molecule has 0 saturated carbocycles. The van der Waals surface area contributed by atoms with Gasteiger partial charge in [-0.05, 0) is 25.2 Å². The summed E-state index contributed by atoms with van der Waals surface area (Å²) >= 11 is 0. The quantitative estimate of drug-likeness (QED) is 0.768. The van der Waals surface area contributed by atoms with Crippen LogP contribution in [0.15, 0.2) is 0 Å². The van der Waals surface area contributed by atoms with Gasteiger partial charge in [0.25, 0.3) is 5.82 Å². The molecule has 0 amide bonds. The summed E-state index contributed by atoms with van der Waals surface area (Å²) in [4.78, 5) is 15.5. The monoisotopic (exact) mass is 331 g/mol. The third-order valence-corrected chi connectivity index (χ3v) is 6.47. The highest BCUT2D eigenvalue weighted by atomic mass is 32.2. The van der Waals surface area contributed by atoms with Crippen LogP contribution in [0.2, 0.25) is 0 Å². The lowest BCUT2D eigenvalue weighted by Crippen LogP contribution is -2.31. The molecule has 1 aromatic rings. The molecule has 0 radical (unpaired) electrons. The molecule has 8 heteroatoms. The van der Waals surface area contributed by atoms with Crippen LogP contribution in [0, 0.1) is 11.3 Å².